The van der Waals surface area contributed by atoms with Crippen molar-refractivity contribution in [2.45, 2.75) is 37.6 Å². The molecule has 3 heterocycles. The van der Waals surface area contributed by atoms with E-state index >= 15 is 0 Å². The summed E-state index contributed by atoms with van der Waals surface area (Å²) in [5.74, 6) is 0. The highest BCUT2D eigenvalue weighted by Crippen LogP contribution is 2.37. The fourth-order valence-corrected chi connectivity index (χ4v) is 3.73. The van der Waals surface area contributed by atoms with E-state index < -0.39 is 30.6 Å². The number of benzene rings is 1. The fourth-order valence-electron chi connectivity index (χ4n) is 3.60. The van der Waals surface area contributed by atoms with Gasteiger partial charge in [0.1, 0.15) is 30.1 Å². The van der Waals surface area contributed by atoms with E-state index in [2.05, 4.69) is 15.1 Å². The molecule has 0 aliphatic carbocycles. The Bertz CT molecular complexity index is 1060. The highest BCUT2D eigenvalue weighted by Gasteiger charge is 2.47. The van der Waals surface area contributed by atoms with Crippen molar-refractivity contribution in [2.24, 2.45) is 5.16 Å². The lowest BCUT2D eigenvalue weighted by Crippen LogP contribution is -2.34. The van der Waals surface area contributed by atoms with Crippen LogP contribution in [0.25, 0.3) is 11.0 Å². The van der Waals surface area contributed by atoms with Crippen LogP contribution in [0.1, 0.15) is 23.5 Å². The Kier molecular flexibility index (Phi) is 4.86. The molecule has 0 radical (unpaired) electrons. The standard InChI is InChI=1S/C18H19ClN4O5/c1-8-6-23(17-11(8)16(22-27)20-7-21-17)18-14(26)13(25)15(28-18)12(24)9-2-4-10(19)5-3-9/h2-7,12-15,18,24-27H,1H3,(H,20,21,22)/t12-,13+,14-,15-,18-/m1/s1. The summed E-state index contributed by atoms with van der Waals surface area (Å²) in [5.41, 5.74) is 1.86. The van der Waals surface area contributed by atoms with Gasteiger partial charge in [-0.15, -0.1) is 0 Å². The van der Waals surface area contributed by atoms with Gasteiger partial charge in [0.2, 0.25) is 5.49 Å². The molecular formula is C18H19ClN4O5. The van der Waals surface area contributed by atoms with Crippen LogP contribution in [-0.4, -0.2) is 53.4 Å². The van der Waals surface area contributed by atoms with Gasteiger partial charge >= 0.3 is 0 Å². The maximum atomic E-state index is 10.7. The predicted molar refractivity (Wildman–Crippen MR) is 98.5 cm³/mol. The van der Waals surface area contributed by atoms with Crippen LogP contribution < -0.4 is 5.49 Å². The molecule has 1 aliphatic heterocycles. The van der Waals surface area contributed by atoms with E-state index in [9.17, 15) is 15.3 Å². The third kappa shape index (κ3) is 2.97. The number of H-pyrrole nitrogens is 1. The number of aliphatic hydroxyl groups is 3. The molecule has 9 nitrogen and oxygen atoms in total. The third-order valence-corrected chi connectivity index (χ3v) is 5.25. The van der Waals surface area contributed by atoms with Crippen LogP contribution in [0.15, 0.2) is 41.9 Å². The molecule has 2 aromatic heterocycles. The zero-order chi connectivity index (χ0) is 20.0. The van der Waals surface area contributed by atoms with Gasteiger partial charge in [0, 0.05) is 11.2 Å². The van der Waals surface area contributed by atoms with Crippen LogP contribution in [-0.2, 0) is 4.74 Å². The van der Waals surface area contributed by atoms with E-state index in [0.29, 0.717) is 21.6 Å². The largest absolute Gasteiger partial charge is 0.409 e. The minimum Gasteiger partial charge on any atom is -0.409 e. The first kappa shape index (κ1) is 18.9. The molecule has 1 aromatic carbocycles. The van der Waals surface area contributed by atoms with E-state index in [1.807, 2.05) is 0 Å². The van der Waals surface area contributed by atoms with Gasteiger partial charge < -0.3 is 34.8 Å². The number of fused-ring (bicyclic) bond motifs is 1. The van der Waals surface area contributed by atoms with Crippen molar-refractivity contribution in [2.75, 3.05) is 0 Å². The Hall–Kier alpha value is -2.43. The second kappa shape index (κ2) is 7.19. The van der Waals surface area contributed by atoms with Gasteiger partial charge in [-0.1, -0.05) is 28.9 Å². The number of halogens is 1. The van der Waals surface area contributed by atoms with Crippen molar-refractivity contribution in [1.29, 1.82) is 0 Å². The molecule has 5 atom stereocenters. The van der Waals surface area contributed by atoms with Crippen molar-refractivity contribution in [1.82, 2.24) is 14.5 Å². The second-order valence-corrected chi connectivity index (χ2v) is 7.17. The summed E-state index contributed by atoms with van der Waals surface area (Å²) in [6.07, 6.45) is -2.76. The van der Waals surface area contributed by atoms with Crippen molar-refractivity contribution in [3.8, 4) is 0 Å². The van der Waals surface area contributed by atoms with E-state index in [-0.39, 0.29) is 5.49 Å². The number of aryl methyl sites for hydroxylation is 1. The average Bonchev–Trinajstić information content (AvgIpc) is 3.19. The molecule has 1 fully saturated rings. The molecule has 0 bridgehead atoms. The van der Waals surface area contributed by atoms with Crippen LogP contribution in [0, 0.1) is 6.92 Å². The average molecular weight is 407 g/mol. The minimum absolute atomic E-state index is 0.121. The van der Waals surface area contributed by atoms with E-state index in [1.54, 1.807) is 42.0 Å². The topological polar surface area (TPSA) is 136 Å². The van der Waals surface area contributed by atoms with Crippen LogP contribution in [0.2, 0.25) is 5.02 Å². The summed E-state index contributed by atoms with van der Waals surface area (Å²) in [6.45, 7) is 1.79. The molecule has 1 aliphatic rings. The summed E-state index contributed by atoms with van der Waals surface area (Å²) in [7, 11) is 0. The molecule has 3 aromatic rings. The van der Waals surface area contributed by atoms with E-state index in [4.69, 9.17) is 21.5 Å². The predicted octanol–water partition coefficient (Wildman–Crippen LogP) is 0.969. The number of aliphatic hydroxyl groups excluding tert-OH is 3. The molecule has 4 rings (SSSR count). The van der Waals surface area contributed by atoms with E-state index in [0.717, 1.165) is 5.56 Å². The zero-order valence-electron chi connectivity index (χ0n) is 14.8. The number of aromatic amines is 1. The Morgan fingerprint density at radius 2 is 1.96 bits per heavy atom. The lowest BCUT2D eigenvalue weighted by Gasteiger charge is -2.21. The lowest BCUT2D eigenvalue weighted by atomic mass is 9.99. The molecule has 5 N–H and O–H groups in total. The molecule has 148 valence electrons. The molecule has 0 saturated carbocycles. The second-order valence-electron chi connectivity index (χ2n) is 6.74. The lowest BCUT2D eigenvalue weighted by molar-refractivity contribution is -0.0848. The summed E-state index contributed by atoms with van der Waals surface area (Å²) in [4.78, 5) is 6.90. The maximum Gasteiger partial charge on any atom is 0.203 e. The number of hydrogen-bond donors (Lipinski definition) is 5. The molecule has 0 spiro atoms. The molecule has 0 amide bonds. The monoisotopic (exact) mass is 406 g/mol. The first-order chi connectivity index (χ1) is 13.4. The van der Waals surface area contributed by atoms with Crippen LogP contribution in [0.4, 0.5) is 0 Å². The normalized spacial score (nSPS) is 26.8. The Balaban J connectivity index is 1.71. The van der Waals surface area contributed by atoms with Gasteiger partial charge in [-0.25, -0.2) is 4.98 Å². The first-order valence-electron chi connectivity index (χ1n) is 8.60. The van der Waals surface area contributed by atoms with Crippen LogP contribution >= 0.6 is 11.6 Å². The van der Waals surface area contributed by atoms with Gasteiger partial charge in [0.25, 0.3) is 0 Å². The number of aromatic nitrogens is 3. The summed E-state index contributed by atoms with van der Waals surface area (Å²) >= 11 is 5.87. The molecular weight excluding hydrogens is 388 g/mol. The third-order valence-electron chi connectivity index (χ3n) is 5.00. The Labute approximate surface area is 164 Å². The van der Waals surface area contributed by atoms with Gasteiger partial charge in [-0.05, 0) is 30.2 Å². The van der Waals surface area contributed by atoms with Crippen molar-refractivity contribution >= 4 is 22.6 Å². The summed E-state index contributed by atoms with van der Waals surface area (Å²) in [5, 5.41) is 45.1. The van der Waals surface area contributed by atoms with Crippen molar-refractivity contribution in [3.05, 3.63) is 58.4 Å². The van der Waals surface area contributed by atoms with Crippen LogP contribution in [0.5, 0.6) is 0 Å². The highest BCUT2D eigenvalue weighted by atomic mass is 35.5. The number of rotatable bonds is 3. The Morgan fingerprint density at radius 1 is 1.25 bits per heavy atom. The maximum absolute atomic E-state index is 10.7. The van der Waals surface area contributed by atoms with Gasteiger partial charge in [-0.3, -0.25) is 0 Å². The van der Waals surface area contributed by atoms with Gasteiger partial charge in [0.05, 0.1) is 11.7 Å². The van der Waals surface area contributed by atoms with Crippen molar-refractivity contribution < 1.29 is 25.3 Å². The molecule has 28 heavy (non-hydrogen) atoms. The number of nitrogens with one attached hydrogen (secondary N) is 1. The molecule has 1 saturated heterocycles. The minimum atomic E-state index is -1.32. The van der Waals surface area contributed by atoms with E-state index in [1.165, 1.54) is 6.33 Å². The molecule has 0 unspecified atom stereocenters. The van der Waals surface area contributed by atoms with Gasteiger partial charge in [0.15, 0.2) is 6.23 Å². The first-order valence-corrected chi connectivity index (χ1v) is 8.98. The highest BCUT2D eigenvalue weighted by molar-refractivity contribution is 6.30. The number of ether oxygens (including phenoxy) is 1. The SMILES string of the molecule is Cc1cn([C@@H]2O[C@H]([C@H](O)c3ccc(Cl)cc3)[C@@H](O)[C@H]2O)c2[nH]cn/c(=N\O)c12. The zero-order valence-corrected chi connectivity index (χ0v) is 15.5. The fraction of sp³-hybridized carbons (Fsp3) is 0.333. The van der Waals surface area contributed by atoms with Gasteiger partial charge in [-0.2, -0.15) is 0 Å². The Morgan fingerprint density at radius 3 is 2.64 bits per heavy atom. The number of hydrogen-bond acceptors (Lipinski definition) is 7. The quantitative estimate of drug-likeness (QED) is 0.325. The molecule has 10 heteroatoms. The summed E-state index contributed by atoms with van der Waals surface area (Å²) < 4.78 is 7.45. The van der Waals surface area contributed by atoms with Crippen molar-refractivity contribution in [3.63, 3.8) is 0 Å². The van der Waals surface area contributed by atoms with Crippen LogP contribution in [0.3, 0.4) is 0 Å². The number of nitrogens with zero attached hydrogens (tertiary/aromatic N) is 3. The smallest absolute Gasteiger partial charge is 0.203 e. The summed E-state index contributed by atoms with van der Waals surface area (Å²) in [6, 6.07) is 6.51.